The highest BCUT2D eigenvalue weighted by atomic mass is 35.5. The van der Waals surface area contributed by atoms with Crippen molar-refractivity contribution < 1.29 is 0 Å². The van der Waals surface area contributed by atoms with Crippen LogP contribution in [0.25, 0.3) is 11.3 Å². The molecule has 184 valence electrons. The SMILES string of the molecule is N[C@H]1c2ccncc2CC12CCN(c1nc3ncc(Sc4ccnc(CC5CC5)c4Cl)nc3[nH]1)CC2. The Morgan fingerprint density at radius 2 is 1.97 bits per heavy atom. The summed E-state index contributed by atoms with van der Waals surface area (Å²) in [4.78, 5) is 29.6. The number of imidazole rings is 1. The van der Waals surface area contributed by atoms with Gasteiger partial charge in [0.1, 0.15) is 5.03 Å². The highest BCUT2D eigenvalue weighted by Gasteiger charge is 2.46. The van der Waals surface area contributed by atoms with E-state index >= 15 is 0 Å². The van der Waals surface area contributed by atoms with Crippen LogP contribution in [0.15, 0.2) is 46.8 Å². The summed E-state index contributed by atoms with van der Waals surface area (Å²) in [5.41, 5.74) is 11.7. The number of aromatic amines is 1. The maximum atomic E-state index is 6.72. The van der Waals surface area contributed by atoms with Crippen molar-refractivity contribution >= 4 is 40.6 Å². The largest absolute Gasteiger partial charge is 0.342 e. The third kappa shape index (κ3) is 3.93. The number of halogens is 1. The molecule has 2 aliphatic carbocycles. The average molecular weight is 519 g/mol. The molecule has 1 atom stereocenters. The van der Waals surface area contributed by atoms with Crippen LogP contribution in [0.2, 0.25) is 5.02 Å². The molecule has 4 aromatic heterocycles. The molecule has 7 rings (SSSR count). The Balaban J connectivity index is 1.07. The molecular weight excluding hydrogens is 492 g/mol. The minimum Gasteiger partial charge on any atom is -0.342 e. The van der Waals surface area contributed by atoms with E-state index in [1.165, 1.54) is 35.7 Å². The maximum Gasteiger partial charge on any atom is 0.206 e. The smallest absolute Gasteiger partial charge is 0.206 e. The van der Waals surface area contributed by atoms with Crippen LogP contribution in [-0.4, -0.2) is 43.0 Å². The van der Waals surface area contributed by atoms with Gasteiger partial charge in [0.25, 0.3) is 0 Å². The van der Waals surface area contributed by atoms with Gasteiger partial charge in [-0.25, -0.2) is 9.97 Å². The zero-order chi connectivity index (χ0) is 24.3. The van der Waals surface area contributed by atoms with E-state index in [-0.39, 0.29) is 11.5 Å². The molecule has 10 heteroatoms. The quantitative estimate of drug-likeness (QED) is 0.390. The van der Waals surface area contributed by atoms with E-state index in [9.17, 15) is 0 Å². The lowest BCUT2D eigenvalue weighted by Crippen LogP contribution is -2.44. The number of anilines is 1. The van der Waals surface area contributed by atoms with Crippen LogP contribution in [0.4, 0.5) is 5.95 Å². The molecule has 0 amide bonds. The monoisotopic (exact) mass is 518 g/mol. The lowest BCUT2D eigenvalue weighted by Gasteiger charge is -2.42. The molecule has 0 aromatic carbocycles. The van der Waals surface area contributed by atoms with Crippen LogP contribution in [-0.2, 0) is 12.8 Å². The summed E-state index contributed by atoms with van der Waals surface area (Å²) in [6.45, 7) is 1.79. The summed E-state index contributed by atoms with van der Waals surface area (Å²) in [6.07, 6.45) is 14.0. The first kappa shape index (κ1) is 22.4. The number of hydrogen-bond donors (Lipinski definition) is 2. The lowest BCUT2D eigenvalue weighted by molar-refractivity contribution is 0.187. The highest BCUT2D eigenvalue weighted by molar-refractivity contribution is 7.99. The first-order valence-electron chi connectivity index (χ1n) is 12.6. The summed E-state index contributed by atoms with van der Waals surface area (Å²) in [7, 11) is 0. The van der Waals surface area contributed by atoms with Crippen LogP contribution in [0.3, 0.4) is 0 Å². The standard InChI is InChI=1S/C26H27ClN8S/c27-21-18(11-15-1-2-15)30-8-4-19(21)36-20-14-31-23-24(32-20)34-25(33-23)35-9-5-26(6-10-35)12-16-13-29-7-3-17(16)22(26)28/h3-4,7-8,13-15,22H,1-2,5-6,9-12,28H2,(H,31,32,33,34)/t22-/m0/s1. The number of piperidine rings is 1. The molecule has 3 aliphatic rings. The van der Waals surface area contributed by atoms with Gasteiger partial charge in [0.05, 0.1) is 16.9 Å². The van der Waals surface area contributed by atoms with Crippen molar-refractivity contribution in [2.75, 3.05) is 18.0 Å². The lowest BCUT2D eigenvalue weighted by atomic mass is 9.73. The number of hydrogen-bond acceptors (Lipinski definition) is 8. The molecule has 8 nitrogen and oxygen atoms in total. The summed E-state index contributed by atoms with van der Waals surface area (Å²) in [5, 5.41) is 1.51. The predicted molar refractivity (Wildman–Crippen MR) is 140 cm³/mol. The molecule has 3 N–H and O–H groups in total. The van der Waals surface area contributed by atoms with Gasteiger partial charge in [-0.2, -0.15) is 4.98 Å². The van der Waals surface area contributed by atoms with Crippen molar-refractivity contribution in [3.05, 3.63) is 58.8 Å². The Kier molecular flexibility index (Phi) is 5.41. The number of aromatic nitrogens is 6. The molecule has 4 aromatic rings. The van der Waals surface area contributed by atoms with Gasteiger partial charge in [0, 0.05) is 42.6 Å². The first-order chi connectivity index (χ1) is 17.6. The van der Waals surface area contributed by atoms with Crippen molar-refractivity contribution in [2.45, 2.75) is 54.5 Å². The summed E-state index contributed by atoms with van der Waals surface area (Å²) in [6, 6.07) is 4.10. The molecule has 0 bridgehead atoms. The summed E-state index contributed by atoms with van der Waals surface area (Å²) in [5.74, 6) is 1.55. The molecule has 5 heterocycles. The maximum absolute atomic E-state index is 6.72. The van der Waals surface area contributed by atoms with Crippen LogP contribution in [0.5, 0.6) is 0 Å². The number of nitrogens with two attached hydrogens (primary N) is 1. The third-order valence-electron chi connectivity index (χ3n) is 8.03. The minimum absolute atomic E-state index is 0.0704. The van der Waals surface area contributed by atoms with Crippen molar-refractivity contribution in [1.82, 2.24) is 29.9 Å². The topological polar surface area (TPSA) is 110 Å². The fourth-order valence-corrected chi connectivity index (χ4v) is 6.83. The summed E-state index contributed by atoms with van der Waals surface area (Å²) < 4.78 is 0. The number of pyridine rings is 2. The third-order valence-corrected chi connectivity index (χ3v) is 9.53. The number of nitrogens with one attached hydrogen (secondary N) is 1. The van der Waals surface area contributed by atoms with E-state index in [0.717, 1.165) is 71.3 Å². The van der Waals surface area contributed by atoms with Gasteiger partial charge in [0.15, 0.2) is 11.3 Å². The van der Waals surface area contributed by atoms with Crippen molar-refractivity contribution in [3.63, 3.8) is 0 Å². The molecule has 1 saturated heterocycles. The van der Waals surface area contributed by atoms with Gasteiger partial charge in [-0.1, -0.05) is 23.4 Å². The number of rotatable bonds is 5. The van der Waals surface area contributed by atoms with E-state index in [1.807, 2.05) is 24.7 Å². The molecule has 0 unspecified atom stereocenters. The van der Waals surface area contributed by atoms with Crippen molar-refractivity contribution in [2.24, 2.45) is 17.1 Å². The first-order valence-corrected chi connectivity index (χ1v) is 13.7. The normalized spacial score (nSPS) is 20.8. The van der Waals surface area contributed by atoms with Crippen LogP contribution in [0.1, 0.15) is 48.5 Å². The van der Waals surface area contributed by atoms with E-state index in [2.05, 4.69) is 30.9 Å². The highest BCUT2D eigenvalue weighted by Crippen LogP contribution is 2.50. The van der Waals surface area contributed by atoms with Gasteiger partial charge in [-0.05, 0) is 73.1 Å². The predicted octanol–water partition coefficient (Wildman–Crippen LogP) is 4.74. The fraction of sp³-hybridized carbons (Fsp3) is 0.423. The van der Waals surface area contributed by atoms with E-state index in [0.29, 0.717) is 11.3 Å². The summed E-state index contributed by atoms with van der Waals surface area (Å²) >= 11 is 8.19. The molecule has 1 aliphatic heterocycles. The van der Waals surface area contributed by atoms with Gasteiger partial charge in [0.2, 0.25) is 5.95 Å². The number of fused-ring (bicyclic) bond motifs is 2. The molecular formula is C26H27ClN8S. The van der Waals surface area contributed by atoms with Crippen LogP contribution >= 0.6 is 23.4 Å². The molecule has 1 saturated carbocycles. The number of nitrogens with zero attached hydrogens (tertiary/aromatic N) is 6. The fourth-order valence-electron chi connectivity index (χ4n) is 5.72. The van der Waals surface area contributed by atoms with Gasteiger partial charge in [-0.3, -0.25) is 9.97 Å². The zero-order valence-corrected chi connectivity index (χ0v) is 21.4. The number of H-pyrrole nitrogens is 1. The van der Waals surface area contributed by atoms with Crippen molar-refractivity contribution in [1.29, 1.82) is 0 Å². The molecule has 0 radical (unpaired) electrons. The van der Waals surface area contributed by atoms with Gasteiger partial charge >= 0.3 is 0 Å². The Labute approximate surface area is 218 Å². The van der Waals surface area contributed by atoms with Crippen LogP contribution < -0.4 is 10.6 Å². The van der Waals surface area contributed by atoms with Gasteiger partial charge < -0.3 is 15.6 Å². The Morgan fingerprint density at radius 3 is 2.78 bits per heavy atom. The molecule has 36 heavy (non-hydrogen) atoms. The zero-order valence-electron chi connectivity index (χ0n) is 19.8. The van der Waals surface area contributed by atoms with Gasteiger partial charge in [-0.15, -0.1) is 0 Å². The van der Waals surface area contributed by atoms with E-state index in [4.69, 9.17) is 27.3 Å². The Morgan fingerprint density at radius 1 is 1.11 bits per heavy atom. The molecule has 2 fully saturated rings. The van der Waals surface area contributed by atoms with E-state index in [1.54, 1.807) is 6.20 Å². The second-order valence-corrected chi connectivity index (χ2v) is 11.8. The second-order valence-electron chi connectivity index (χ2n) is 10.3. The average Bonchev–Trinajstić information content (AvgIpc) is 3.55. The molecule has 1 spiro atoms. The van der Waals surface area contributed by atoms with Crippen molar-refractivity contribution in [3.8, 4) is 0 Å². The Hall–Kier alpha value is -2.75. The second kappa shape index (κ2) is 8.68. The van der Waals surface area contributed by atoms with Crippen LogP contribution in [0, 0.1) is 11.3 Å². The van der Waals surface area contributed by atoms with E-state index < -0.39 is 0 Å². The minimum atomic E-state index is 0.0704. The Bertz CT molecular complexity index is 1440.